The van der Waals surface area contributed by atoms with Crippen molar-refractivity contribution in [2.24, 2.45) is 5.92 Å². The molecule has 0 saturated heterocycles. The molecule has 2 atom stereocenters. The molecule has 1 rings (SSSR count). The summed E-state index contributed by atoms with van der Waals surface area (Å²) in [6.07, 6.45) is 0.901. The van der Waals surface area contributed by atoms with Crippen LogP contribution in [0.2, 0.25) is 0 Å². The Morgan fingerprint density at radius 1 is 1.56 bits per heavy atom. The Kier molecular flexibility index (Phi) is 6.38. The molecule has 102 valence electrons. The second-order valence-electron chi connectivity index (χ2n) is 4.10. The van der Waals surface area contributed by atoms with E-state index in [2.05, 4.69) is 37.2 Å². The number of methoxy groups -OCH3 is 1. The first-order valence-corrected chi connectivity index (χ1v) is 7.33. The summed E-state index contributed by atoms with van der Waals surface area (Å²) >= 11 is 6.62. The molecular weight excluding hydrogens is 366 g/mol. The highest BCUT2D eigenvalue weighted by Gasteiger charge is 2.24. The Morgan fingerprint density at radius 3 is 2.67 bits per heavy atom. The summed E-state index contributed by atoms with van der Waals surface area (Å²) < 4.78 is 11.8. The number of furan rings is 1. The van der Waals surface area contributed by atoms with Crippen LogP contribution < -0.4 is 5.32 Å². The minimum atomic E-state index is -0.317. The molecule has 0 bridgehead atoms. The van der Waals surface area contributed by atoms with Crippen molar-refractivity contribution >= 4 is 37.8 Å². The third-order valence-corrected chi connectivity index (χ3v) is 4.57. The molecule has 0 aliphatic carbocycles. The van der Waals surface area contributed by atoms with Crippen molar-refractivity contribution in [2.75, 3.05) is 7.11 Å². The lowest BCUT2D eigenvalue weighted by molar-refractivity contribution is -0.144. The number of halogens is 2. The van der Waals surface area contributed by atoms with Gasteiger partial charge in [-0.05, 0) is 43.8 Å². The highest BCUT2D eigenvalue weighted by molar-refractivity contribution is 9.13. The summed E-state index contributed by atoms with van der Waals surface area (Å²) in [6, 6.07) is 1.55. The van der Waals surface area contributed by atoms with Gasteiger partial charge in [-0.15, -0.1) is 0 Å². The number of esters is 1. The lowest BCUT2D eigenvalue weighted by Crippen LogP contribution is -2.42. The number of rotatable bonds is 6. The van der Waals surface area contributed by atoms with E-state index < -0.39 is 0 Å². The first-order chi connectivity index (χ1) is 8.49. The molecule has 0 saturated carbocycles. The monoisotopic (exact) mass is 381 g/mol. The normalized spacial score (nSPS) is 14.3. The van der Waals surface area contributed by atoms with Crippen LogP contribution in [0, 0.1) is 5.92 Å². The highest BCUT2D eigenvalue weighted by Crippen LogP contribution is 2.26. The van der Waals surface area contributed by atoms with Crippen molar-refractivity contribution in [3.05, 3.63) is 21.0 Å². The second-order valence-corrected chi connectivity index (χ2v) is 5.68. The van der Waals surface area contributed by atoms with Gasteiger partial charge in [0.25, 0.3) is 0 Å². The molecule has 0 fully saturated rings. The average Bonchev–Trinajstić information content (AvgIpc) is 2.68. The van der Waals surface area contributed by atoms with Crippen molar-refractivity contribution < 1.29 is 13.9 Å². The fourth-order valence-electron chi connectivity index (χ4n) is 1.57. The van der Waals surface area contributed by atoms with Crippen LogP contribution in [0.15, 0.2) is 19.6 Å². The van der Waals surface area contributed by atoms with Gasteiger partial charge < -0.3 is 9.15 Å². The first kappa shape index (κ1) is 15.7. The zero-order chi connectivity index (χ0) is 13.7. The van der Waals surface area contributed by atoms with Crippen LogP contribution in [-0.4, -0.2) is 19.1 Å². The van der Waals surface area contributed by atoms with Gasteiger partial charge in [-0.3, -0.25) is 10.1 Å². The molecule has 6 heteroatoms. The second kappa shape index (κ2) is 7.31. The lowest BCUT2D eigenvalue weighted by atomic mass is 9.99. The standard InChI is InChI=1S/C12H17Br2NO3/c1-4-7(2)10(12(16)17-3)15-6-8-5-9(13)11(14)18-8/h5,7,10,15H,4,6H2,1-3H3. The molecular formula is C12H17Br2NO3. The van der Waals surface area contributed by atoms with Gasteiger partial charge in [0.05, 0.1) is 18.1 Å². The fraction of sp³-hybridized carbons (Fsp3) is 0.583. The Morgan fingerprint density at radius 2 is 2.22 bits per heavy atom. The summed E-state index contributed by atoms with van der Waals surface area (Å²) in [5, 5.41) is 3.17. The van der Waals surface area contributed by atoms with Gasteiger partial charge >= 0.3 is 5.97 Å². The van der Waals surface area contributed by atoms with E-state index in [0.717, 1.165) is 16.7 Å². The van der Waals surface area contributed by atoms with Crippen LogP contribution in [0.1, 0.15) is 26.0 Å². The van der Waals surface area contributed by atoms with Gasteiger partial charge in [0.1, 0.15) is 11.8 Å². The number of hydrogen-bond acceptors (Lipinski definition) is 4. The maximum absolute atomic E-state index is 11.7. The predicted molar refractivity (Wildman–Crippen MR) is 76.2 cm³/mol. The van der Waals surface area contributed by atoms with Gasteiger partial charge in [-0.1, -0.05) is 20.3 Å². The van der Waals surface area contributed by atoms with E-state index in [0.29, 0.717) is 11.2 Å². The van der Waals surface area contributed by atoms with Crippen molar-refractivity contribution in [3.8, 4) is 0 Å². The molecule has 2 unspecified atom stereocenters. The van der Waals surface area contributed by atoms with Gasteiger partial charge in [-0.25, -0.2) is 0 Å². The van der Waals surface area contributed by atoms with Crippen molar-refractivity contribution in [3.63, 3.8) is 0 Å². The highest BCUT2D eigenvalue weighted by atomic mass is 79.9. The predicted octanol–water partition coefficient (Wildman–Crippen LogP) is 3.48. The molecule has 0 aromatic carbocycles. The lowest BCUT2D eigenvalue weighted by Gasteiger charge is -2.21. The molecule has 0 amide bonds. The molecule has 0 aliphatic rings. The number of carbonyl (C=O) groups excluding carboxylic acids is 1. The van der Waals surface area contributed by atoms with Crippen molar-refractivity contribution in [2.45, 2.75) is 32.9 Å². The smallest absolute Gasteiger partial charge is 0.323 e. The molecule has 0 spiro atoms. The van der Waals surface area contributed by atoms with Gasteiger partial charge in [-0.2, -0.15) is 0 Å². The van der Waals surface area contributed by atoms with Crippen molar-refractivity contribution in [1.82, 2.24) is 5.32 Å². The molecule has 0 aliphatic heterocycles. The van der Waals surface area contributed by atoms with E-state index in [1.165, 1.54) is 7.11 Å². The number of ether oxygens (including phenoxy) is 1. The SMILES string of the molecule is CCC(C)C(NCc1cc(Br)c(Br)o1)C(=O)OC. The zero-order valence-electron chi connectivity index (χ0n) is 10.6. The van der Waals surface area contributed by atoms with E-state index >= 15 is 0 Å². The van der Waals surface area contributed by atoms with Crippen molar-refractivity contribution in [1.29, 1.82) is 0 Å². The Hall–Kier alpha value is -0.330. The largest absolute Gasteiger partial charge is 0.468 e. The maximum atomic E-state index is 11.7. The van der Waals surface area contributed by atoms with Gasteiger partial charge in [0, 0.05) is 0 Å². The third-order valence-electron chi connectivity index (χ3n) is 2.86. The minimum Gasteiger partial charge on any atom is -0.468 e. The van der Waals surface area contributed by atoms with E-state index in [1.54, 1.807) is 0 Å². The maximum Gasteiger partial charge on any atom is 0.323 e. The Bertz CT molecular complexity index is 387. The van der Waals surface area contributed by atoms with Crippen LogP contribution in [0.25, 0.3) is 0 Å². The van der Waals surface area contributed by atoms with Gasteiger partial charge in [0.2, 0.25) is 0 Å². The van der Waals surface area contributed by atoms with Crippen LogP contribution in [0.5, 0.6) is 0 Å². The number of nitrogens with one attached hydrogen (secondary N) is 1. The summed E-state index contributed by atoms with van der Waals surface area (Å²) in [5.74, 6) is 0.722. The van der Waals surface area contributed by atoms with E-state index in [1.807, 2.05) is 19.9 Å². The molecule has 4 nitrogen and oxygen atoms in total. The van der Waals surface area contributed by atoms with E-state index in [-0.39, 0.29) is 17.9 Å². The minimum absolute atomic E-state index is 0.208. The summed E-state index contributed by atoms with van der Waals surface area (Å²) in [5.41, 5.74) is 0. The van der Waals surface area contributed by atoms with E-state index in [4.69, 9.17) is 9.15 Å². The third kappa shape index (κ3) is 4.10. The van der Waals surface area contributed by atoms with Crippen LogP contribution in [-0.2, 0) is 16.1 Å². The van der Waals surface area contributed by atoms with E-state index in [9.17, 15) is 4.79 Å². The van der Waals surface area contributed by atoms with Gasteiger partial charge in [0.15, 0.2) is 4.67 Å². The number of carbonyl (C=O) groups is 1. The van der Waals surface area contributed by atoms with Crippen LogP contribution in [0.3, 0.4) is 0 Å². The number of hydrogen-bond donors (Lipinski definition) is 1. The Labute approximate surface area is 124 Å². The summed E-state index contributed by atoms with van der Waals surface area (Å²) in [6.45, 7) is 4.54. The van der Waals surface area contributed by atoms with Crippen LogP contribution in [0.4, 0.5) is 0 Å². The topological polar surface area (TPSA) is 51.5 Å². The quantitative estimate of drug-likeness (QED) is 0.765. The first-order valence-electron chi connectivity index (χ1n) is 5.74. The summed E-state index contributed by atoms with van der Waals surface area (Å²) in [4.78, 5) is 11.7. The molecule has 1 N–H and O–H groups in total. The average molecular weight is 383 g/mol. The summed E-state index contributed by atoms with van der Waals surface area (Å²) in [7, 11) is 1.40. The molecule has 18 heavy (non-hydrogen) atoms. The van der Waals surface area contributed by atoms with Crippen LogP contribution >= 0.6 is 31.9 Å². The molecule has 0 radical (unpaired) electrons. The fourth-order valence-corrected chi connectivity index (χ4v) is 2.23. The Balaban J connectivity index is 2.64. The molecule has 1 heterocycles. The zero-order valence-corrected chi connectivity index (χ0v) is 13.8. The molecule has 1 aromatic heterocycles. The molecule has 1 aromatic rings.